The molecule has 0 aliphatic heterocycles. The highest BCUT2D eigenvalue weighted by atomic mass is 16.2. The van der Waals surface area contributed by atoms with Crippen molar-refractivity contribution in [2.75, 3.05) is 0 Å². The number of rotatable bonds is 3. The van der Waals surface area contributed by atoms with Gasteiger partial charge in [-0.15, -0.1) is 0 Å². The molecule has 92 valence electrons. The van der Waals surface area contributed by atoms with Crippen LogP contribution in [0.15, 0.2) is 0 Å². The lowest BCUT2D eigenvalue weighted by atomic mass is 9.91. The van der Waals surface area contributed by atoms with Crippen molar-refractivity contribution in [2.45, 2.75) is 58.5 Å². The summed E-state index contributed by atoms with van der Waals surface area (Å²) in [5.74, 6) is 0.214. The standard InChI is InChI=1S/C12H22N2O2/c1-8(2)12(16)14-11-6-4-10(5-7-11)13-9(3)15/h8,10-11H,4-7H2,1-3H3,(H,13,15)(H,14,16). The summed E-state index contributed by atoms with van der Waals surface area (Å²) in [4.78, 5) is 22.4. The summed E-state index contributed by atoms with van der Waals surface area (Å²) in [5, 5.41) is 5.97. The summed E-state index contributed by atoms with van der Waals surface area (Å²) in [6, 6.07) is 0.588. The van der Waals surface area contributed by atoms with Gasteiger partial charge in [-0.2, -0.15) is 0 Å². The fourth-order valence-electron chi connectivity index (χ4n) is 2.04. The van der Waals surface area contributed by atoms with Crippen LogP contribution in [0.4, 0.5) is 0 Å². The average molecular weight is 226 g/mol. The molecule has 0 heterocycles. The molecule has 4 nitrogen and oxygen atoms in total. The second-order valence-corrected chi connectivity index (χ2v) is 4.91. The van der Waals surface area contributed by atoms with Crippen molar-refractivity contribution in [3.63, 3.8) is 0 Å². The molecule has 0 unspecified atom stereocenters. The van der Waals surface area contributed by atoms with Crippen LogP contribution in [0.5, 0.6) is 0 Å². The van der Waals surface area contributed by atoms with E-state index in [1.54, 1.807) is 6.92 Å². The van der Waals surface area contributed by atoms with Gasteiger partial charge in [0.05, 0.1) is 0 Å². The van der Waals surface area contributed by atoms with E-state index in [1.807, 2.05) is 13.8 Å². The fourth-order valence-corrected chi connectivity index (χ4v) is 2.04. The van der Waals surface area contributed by atoms with Crippen molar-refractivity contribution >= 4 is 11.8 Å². The van der Waals surface area contributed by atoms with Gasteiger partial charge in [-0.1, -0.05) is 13.8 Å². The normalized spacial score (nSPS) is 25.2. The molecule has 1 aliphatic carbocycles. The van der Waals surface area contributed by atoms with Crippen LogP contribution in [0, 0.1) is 5.92 Å². The molecule has 0 spiro atoms. The predicted octanol–water partition coefficient (Wildman–Crippen LogP) is 1.21. The molecule has 4 heteroatoms. The van der Waals surface area contributed by atoms with Gasteiger partial charge >= 0.3 is 0 Å². The fraction of sp³-hybridized carbons (Fsp3) is 0.833. The Labute approximate surface area is 97.2 Å². The first-order valence-electron chi connectivity index (χ1n) is 6.06. The number of hydrogen-bond donors (Lipinski definition) is 2. The molecule has 0 aromatic carbocycles. The summed E-state index contributed by atoms with van der Waals surface area (Å²) in [6.07, 6.45) is 3.85. The van der Waals surface area contributed by atoms with E-state index in [-0.39, 0.29) is 17.7 Å². The smallest absolute Gasteiger partial charge is 0.222 e. The first-order valence-corrected chi connectivity index (χ1v) is 6.06. The molecule has 1 aliphatic rings. The van der Waals surface area contributed by atoms with E-state index in [0.29, 0.717) is 12.1 Å². The van der Waals surface area contributed by atoms with Crippen LogP contribution in [-0.4, -0.2) is 23.9 Å². The molecule has 0 atom stereocenters. The highest BCUT2D eigenvalue weighted by Gasteiger charge is 2.23. The number of carbonyl (C=O) groups excluding carboxylic acids is 2. The summed E-state index contributed by atoms with van der Waals surface area (Å²) >= 11 is 0. The van der Waals surface area contributed by atoms with Gasteiger partial charge in [0.15, 0.2) is 0 Å². The molecule has 0 radical (unpaired) electrons. The van der Waals surface area contributed by atoms with Crippen molar-refractivity contribution in [3.8, 4) is 0 Å². The van der Waals surface area contributed by atoms with E-state index in [9.17, 15) is 9.59 Å². The zero-order valence-electron chi connectivity index (χ0n) is 10.4. The molecule has 0 aromatic heterocycles. The minimum atomic E-state index is 0.0367. The second-order valence-electron chi connectivity index (χ2n) is 4.91. The SMILES string of the molecule is CC(=O)NC1CCC(NC(=O)C(C)C)CC1. The summed E-state index contributed by atoms with van der Waals surface area (Å²) < 4.78 is 0. The maximum Gasteiger partial charge on any atom is 0.222 e. The topological polar surface area (TPSA) is 58.2 Å². The van der Waals surface area contributed by atoms with E-state index >= 15 is 0 Å². The van der Waals surface area contributed by atoms with Crippen molar-refractivity contribution in [1.82, 2.24) is 10.6 Å². The van der Waals surface area contributed by atoms with E-state index in [1.165, 1.54) is 0 Å². The van der Waals surface area contributed by atoms with Crippen molar-refractivity contribution in [1.29, 1.82) is 0 Å². The summed E-state index contributed by atoms with van der Waals surface area (Å²) in [7, 11) is 0. The van der Waals surface area contributed by atoms with Gasteiger partial charge in [0.1, 0.15) is 0 Å². The van der Waals surface area contributed by atoms with Gasteiger partial charge in [-0.05, 0) is 25.7 Å². The summed E-state index contributed by atoms with van der Waals surface area (Å²) in [6.45, 7) is 5.35. The molecule has 1 fully saturated rings. The van der Waals surface area contributed by atoms with Gasteiger partial charge in [0.2, 0.25) is 11.8 Å². The van der Waals surface area contributed by atoms with E-state index in [4.69, 9.17) is 0 Å². The Bertz CT molecular complexity index is 256. The number of amides is 2. The zero-order valence-corrected chi connectivity index (χ0v) is 10.4. The van der Waals surface area contributed by atoms with Crippen molar-refractivity contribution < 1.29 is 9.59 Å². The van der Waals surface area contributed by atoms with E-state index < -0.39 is 0 Å². The minimum absolute atomic E-state index is 0.0367. The molecule has 1 saturated carbocycles. The summed E-state index contributed by atoms with van der Waals surface area (Å²) in [5.41, 5.74) is 0. The Balaban J connectivity index is 2.27. The average Bonchev–Trinajstić information content (AvgIpc) is 2.20. The van der Waals surface area contributed by atoms with E-state index in [2.05, 4.69) is 10.6 Å². The maximum atomic E-state index is 11.5. The van der Waals surface area contributed by atoms with Crippen LogP contribution in [0.2, 0.25) is 0 Å². The van der Waals surface area contributed by atoms with Gasteiger partial charge < -0.3 is 10.6 Å². The van der Waals surface area contributed by atoms with Crippen LogP contribution < -0.4 is 10.6 Å². The Kier molecular flexibility index (Phi) is 4.77. The molecule has 2 amide bonds. The first kappa shape index (κ1) is 13.0. The third kappa shape index (κ3) is 4.21. The number of carbonyl (C=O) groups is 2. The predicted molar refractivity (Wildman–Crippen MR) is 62.8 cm³/mol. The molecular weight excluding hydrogens is 204 g/mol. The van der Waals surface area contributed by atoms with Gasteiger partial charge in [-0.25, -0.2) is 0 Å². The Morgan fingerprint density at radius 2 is 1.44 bits per heavy atom. The molecule has 2 N–H and O–H groups in total. The highest BCUT2D eigenvalue weighted by Crippen LogP contribution is 2.18. The number of nitrogens with one attached hydrogen (secondary N) is 2. The Morgan fingerprint density at radius 3 is 1.81 bits per heavy atom. The molecule has 1 rings (SSSR count). The largest absolute Gasteiger partial charge is 0.354 e. The van der Waals surface area contributed by atoms with E-state index in [0.717, 1.165) is 25.7 Å². The Hall–Kier alpha value is -1.06. The molecule has 0 aromatic rings. The first-order chi connectivity index (χ1) is 7.49. The zero-order chi connectivity index (χ0) is 12.1. The third-order valence-corrected chi connectivity index (χ3v) is 3.01. The lowest BCUT2D eigenvalue weighted by molar-refractivity contribution is -0.125. The van der Waals surface area contributed by atoms with Gasteiger partial charge in [0.25, 0.3) is 0 Å². The quantitative estimate of drug-likeness (QED) is 0.760. The maximum absolute atomic E-state index is 11.5. The monoisotopic (exact) mass is 226 g/mol. The molecule has 0 saturated heterocycles. The lowest BCUT2D eigenvalue weighted by Crippen LogP contribution is -2.44. The molecule has 0 bridgehead atoms. The van der Waals surface area contributed by atoms with Crippen LogP contribution in [-0.2, 0) is 9.59 Å². The van der Waals surface area contributed by atoms with Gasteiger partial charge in [-0.3, -0.25) is 9.59 Å². The van der Waals surface area contributed by atoms with Crippen LogP contribution >= 0.6 is 0 Å². The highest BCUT2D eigenvalue weighted by molar-refractivity contribution is 5.78. The lowest BCUT2D eigenvalue weighted by Gasteiger charge is -2.29. The van der Waals surface area contributed by atoms with Crippen LogP contribution in [0.3, 0.4) is 0 Å². The second kappa shape index (κ2) is 5.87. The minimum Gasteiger partial charge on any atom is -0.354 e. The van der Waals surface area contributed by atoms with Crippen LogP contribution in [0.25, 0.3) is 0 Å². The van der Waals surface area contributed by atoms with Crippen molar-refractivity contribution in [2.24, 2.45) is 5.92 Å². The number of hydrogen-bond acceptors (Lipinski definition) is 2. The molecular formula is C12H22N2O2. The Morgan fingerprint density at radius 1 is 1.00 bits per heavy atom. The van der Waals surface area contributed by atoms with Crippen molar-refractivity contribution in [3.05, 3.63) is 0 Å². The van der Waals surface area contributed by atoms with Crippen LogP contribution in [0.1, 0.15) is 46.5 Å². The van der Waals surface area contributed by atoms with Gasteiger partial charge in [0, 0.05) is 24.9 Å². The molecule has 16 heavy (non-hydrogen) atoms. The third-order valence-electron chi connectivity index (χ3n) is 3.01.